The van der Waals surface area contributed by atoms with Gasteiger partial charge in [-0.3, -0.25) is 4.79 Å². The van der Waals surface area contributed by atoms with Gasteiger partial charge in [0.1, 0.15) is 12.1 Å². The summed E-state index contributed by atoms with van der Waals surface area (Å²) in [5.41, 5.74) is 3.09. The number of hydrogen-bond acceptors (Lipinski definition) is 7. The van der Waals surface area contributed by atoms with E-state index < -0.39 is 0 Å². The van der Waals surface area contributed by atoms with Gasteiger partial charge in [-0.25, -0.2) is 0 Å². The first-order chi connectivity index (χ1) is 15.1. The maximum atomic E-state index is 13.0. The molecule has 0 radical (unpaired) electrons. The normalized spacial score (nSPS) is 14.5. The van der Waals surface area contributed by atoms with Crippen molar-refractivity contribution in [2.45, 2.75) is 6.54 Å². The summed E-state index contributed by atoms with van der Waals surface area (Å²) in [5.74, 6) is 0.120. The quantitative estimate of drug-likeness (QED) is 0.625. The van der Waals surface area contributed by atoms with Gasteiger partial charge < -0.3 is 19.9 Å². The van der Waals surface area contributed by atoms with Crippen LogP contribution in [0.4, 0.5) is 5.69 Å². The fraction of sp³-hybridized carbons (Fsp3) is 0.333. The summed E-state index contributed by atoms with van der Waals surface area (Å²) < 4.78 is 6.84. The van der Waals surface area contributed by atoms with Crippen LogP contribution in [0.1, 0.15) is 15.9 Å². The van der Waals surface area contributed by atoms with Crippen molar-refractivity contribution in [1.82, 2.24) is 30.4 Å². The Bertz CT molecular complexity index is 1050. The number of tetrazole rings is 1. The van der Waals surface area contributed by atoms with E-state index in [1.807, 2.05) is 18.2 Å². The van der Waals surface area contributed by atoms with Crippen molar-refractivity contribution in [3.8, 4) is 11.4 Å². The Balaban J connectivity index is 1.52. The second-order valence-electron chi connectivity index (χ2n) is 7.36. The van der Waals surface area contributed by atoms with Crippen LogP contribution in [0.15, 0.2) is 42.7 Å². The van der Waals surface area contributed by atoms with E-state index in [2.05, 4.69) is 43.8 Å². The molecule has 2 heterocycles. The molecule has 0 aliphatic carbocycles. The third-order valence-electron chi connectivity index (χ3n) is 5.38. The third-order valence-corrected chi connectivity index (χ3v) is 5.69. The first kappa shape index (κ1) is 21.1. The maximum absolute atomic E-state index is 13.0. The van der Waals surface area contributed by atoms with E-state index in [0.717, 1.165) is 37.4 Å². The lowest BCUT2D eigenvalue weighted by molar-refractivity contribution is 0.0948. The molecule has 1 fully saturated rings. The Morgan fingerprint density at radius 1 is 1.16 bits per heavy atom. The molecule has 4 rings (SSSR count). The number of ether oxygens (including phenoxy) is 1. The minimum Gasteiger partial charge on any atom is -0.496 e. The zero-order valence-electron chi connectivity index (χ0n) is 17.5. The SMILES string of the molecule is COc1cc(-n2cnnn2)c(Cl)cc1C(=O)NCc1ccccc1N1CCN(C)CC1. The van der Waals surface area contributed by atoms with Crippen molar-refractivity contribution in [2.24, 2.45) is 0 Å². The molecule has 2 aromatic carbocycles. The number of nitrogens with zero attached hydrogens (tertiary/aromatic N) is 6. The minimum absolute atomic E-state index is 0.268. The number of amides is 1. The topological polar surface area (TPSA) is 88.4 Å². The number of methoxy groups -OCH3 is 1. The number of carbonyl (C=O) groups is 1. The van der Waals surface area contributed by atoms with E-state index in [9.17, 15) is 4.79 Å². The van der Waals surface area contributed by atoms with Gasteiger partial charge in [0.15, 0.2) is 0 Å². The second kappa shape index (κ2) is 9.32. The number of carbonyl (C=O) groups excluding carboxylic acids is 1. The smallest absolute Gasteiger partial charge is 0.255 e. The van der Waals surface area contributed by atoms with E-state index in [1.165, 1.54) is 18.1 Å². The molecule has 9 nitrogen and oxygen atoms in total. The van der Waals surface area contributed by atoms with Crippen molar-refractivity contribution < 1.29 is 9.53 Å². The molecule has 3 aromatic rings. The van der Waals surface area contributed by atoms with Crippen molar-refractivity contribution in [2.75, 3.05) is 45.2 Å². The minimum atomic E-state index is -0.268. The summed E-state index contributed by atoms with van der Waals surface area (Å²) in [7, 11) is 3.64. The van der Waals surface area contributed by atoms with Crippen LogP contribution >= 0.6 is 11.6 Å². The van der Waals surface area contributed by atoms with Gasteiger partial charge in [-0.2, -0.15) is 4.68 Å². The first-order valence-electron chi connectivity index (χ1n) is 9.97. The number of para-hydroxylation sites is 1. The van der Waals surface area contributed by atoms with Gasteiger partial charge >= 0.3 is 0 Å². The number of benzene rings is 2. The predicted octanol–water partition coefficient (Wildman–Crippen LogP) is 2.01. The summed E-state index contributed by atoms with van der Waals surface area (Å²) >= 11 is 6.39. The Morgan fingerprint density at radius 3 is 2.65 bits per heavy atom. The third kappa shape index (κ3) is 4.62. The van der Waals surface area contributed by atoms with Crippen LogP contribution < -0.4 is 15.0 Å². The zero-order chi connectivity index (χ0) is 21.8. The maximum Gasteiger partial charge on any atom is 0.255 e. The summed E-state index contributed by atoms with van der Waals surface area (Å²) in [5, 5.41) is 14.4. The van der Waals surface area contributed by atoms with E-state index in [0.29, 0.717) is 28.6 Å². The number of likely N-dealkylation sites (N-methyl/N-ethyl adjacent to an activating group) is 1. The number of hydrogen-bond donors (Lipinski definition) is 1. The molecular formula is C21H24ClN7O2. The van der Waals surface area contributed by atoms with Crippen molar-refractivity contribution >= 4 is 23.2 Å². The molecule has 1 aliphatic heterocycles. The van der Waals surface area contributed by atoms with Crippen molar-refractivity contribution in [3.63, 3.8) is 0 Å². The van der Waals surface area contributed by atoms with Crippen molar-refractivity contribution in [1.29, 1.82) is 0 Å². The molecule has 0 unspecified atom stereocenters. The van der Waals surface area contributed by atoms with Gasteiger partial charge in [-0.05, 0) is 35.2 Å². The van der Waals surface area contributed by atoms with Gasteiger partial charge in [0.25, 0.3) is 5.91 Å². The molecule has 1 N–H and O–H groups in total. The Morgan fingerprint density at radius 2 is 1.94 bits per heavy atom. The summed E-state index contributed by atoms with van der Waals surface area (Å²) in [6.07, 6.45) is 1.43. The highest BCUT2D eigenvalue weighted by Crippen LogP contribution is 2.29. The molecule has 1 aliphatic rings. The number of anilines is 1. The van der Waals surface area contributed by atoms with Gasteiger partial charge in [0.05, 0.1) is 23.4 Å². The van der Waals surface area contributed by atoms with Gasteiger partial charge in [-0.15, -0.1) is 5.10 Å². The van der Waals surface area contributed by atoms with E-state index in [1.54, 1.807) is 12.1 Å². The van der Waals surface area contributed by atoms with Crippen LogP contribution in [0.5, 0.6) is 5.75 Å². The largest absolute Gasteiger partial charge is 0.496 e. The molecule has 0 atom stereocenters. The number of rotatable bonds is 6. The molecule has 10 heteroatoms. The van der Waals surface area contributed by atoms with Gasteiger partial charge in [0, 0.05) is 44.5 Å². The van der Waals surface area contributed by atoms with Gasteiger partial charge in [-0.1, -0.05) is 29.8 Å². The van der Waals surface area contributed by atoms with Crippen molar-refractivity contribution in [3.05, 3.63) is 58.9 Å². The molecular weight excluding hydrogens is 418 g/mol. The molecule has 162 valence electrons. The Labute approximate surface area is 185 Å². The second-order valence-corrected chi connectivity index (χ2v) is 7.77. The average Bonchev–Trinajstić information content (AvgIpc) is 3.33. The van der Waals surface area contributed by atoms with Crippen LogP contribution in [-0.2, 0) is 6.54 Å². The number of piperazine rings is 1. The molecule has 0 spiro atoms. The zero-order valence-corrected chi connectivity index (χ0v) is 18.2. The standard InChI is InChI=1S/C21H24ClN7O2/c1-27-7-9-28(10-8-27)18-6-4-3-5-15(18)13-23-21(30)16-11-17(22)19(12-20(16)31-2)29-14-24-25-26-29/h3-6,11-12,14H,7-10,13H2,1-2H3,(H,23,30). The molecule has 31 heavy (non-hydrogen) atoms. The molecule has 1 aromatic heterocycles. The Kier molecular flexibility index (Phi) is 6.34. The van der Waals surface area contributed by atoms with Crippen LogP contribution in [-0.4, -0.2) is 71.4 Å². The molecule has 0 bridgehead atoms. The number of halogens is 1. The van der Waals surface area contributed by atoms with Crippen LogP contribution in [0, 0.1) is 0 Å². The van der Waals surface area contributed by atoms with Crippen LogP contribution in [0.3, 0.4) is 0 Å². The number of aromatic nitrogens is 4. The highest BCUT2D eigenvalue weighted by Gasteiger charge is 2.19. The lowest BCUT2D eigenvalue weighted by Crippen LogP contribution is -2.45. The molecule has 1 saturated heterocycles. The molecule has 0 saturated carbocycles. The fourth-order valence-corrected chi connectivity index (χ4v) is 3.87. The van der Waals surface area contributed by atoms with Gasteiger partial charge in [0.2, 0.25) is 0 Å². The monoisotopic (exact) mass is 441 g/mol. The summed E-state index contributed by atoms with van der Waals surface area (Å²) in [4.78, 5) is 17.6. The summed E-state index contributed by atoms with van der Waals surface area (Å²) in [6.45, 7) is 4.36. The summed E-state index contributed by atoms with van der Waals surface area (Å²) in [6, 6.07) is 11.4. The lowest BCUT2D eigenvalue weighted by Gasteiger charge is -2.35. The van der Waals surface area contributed by atoms with E-state index in [4.69, 9.17) is 16.3 Å². The highest BCUT2D eigenvalue weighted by molar-refractivity contribution is 6.33. The van der Waals surface area contributed by atoms with Crippen LogP contribution in [0.2, 0.25) is 5.02 Å². The van der Waals surface area contributed by atoms with E-state index in [-0.39, 0.29) is 5.91 Å². The van der Waals surface area contributed by atoms with Crippen LogP contribution in [0.25, 0.3) is 5.69 Å². The predicted molar refractivity (Wildman–Crippen MR) is 118 cm³/mol. The highest BCUT2D eigenvalue weighted by atomic mass is 35.5. The fourth-order valence-electron chi connectivity index (χ4n) is 3.62. The average molecular weight is 442 g/mol. The van der Waals surface area contributed by atoms with E-state index >= 15 is 0 Å². The lowest BCUT2D eigenvalue weighted by atomic mass is 10.1. The number of nitrogens with one attached hydrogen (secondary N) is 1. The molecule has 1 amide bonds. The first-order valence-corrected chi connectivity index (χ1v) is 10.3. The Hall–Kier alpha value is -3.17.